The molecule has 0 aliphatic heterocycles. The number of benzene rings is 2. The van der Waals surface area contributed by atoms with Gasteiger partial charge in [0.25, 0.3) is 0 Å². The molecule has 0 heterocycles. The van der Waals surface area contributed by atoms with Gasteiger partial charge in [-0.1, -0.05) is 18.2 Å². The van der Waals surface area contributed by atoms with Crippen LogP contribution in [0.15, 0.2) is 23.3 Å². The molecule has 0 atom stereocenters. The summed E-state index contributed by atoms with van der Waals surface area (Å²) in [6, 6.07) is 4.56. The smallest absolute Gasteiger partial charge is 0.339 e. The molecule has 132 valence electrons. The minimum absolute atomic E-state index is 0.445. The van der Waals surface area contributed by atoms with E-state index in [0.717, 1.165) is 11.1 Å². The summed E-state index contributed by atoms with van der Waals surface area (Å²) in [5.74, 6) is -6.89. The number of amides is 2. The molecule has 0 aromatic heterocycles. The first-order chi connectivity index (χ1) is 11.7. The second-order valence-corrected chi connectivity index (χ2v) is 5.17. The maximum Gasteiger partial charge on any atom is 0.339 e. The lowest BCUT2D eigenvalue weighted by Crippen LogP contribution is -2.25. The fraction of sp³-hybridized carbons (Fsp3) is 0.125. The number of carbonyl (C=O) groups excluding carboxylic acids is 1. The number of hydrogen-bond acceptors (Lipinski definition) is 3. The van der Waals surface area contributed by atoms with Gasteiger partial charge in [-0.25, -0.2) is 27.8 Å². The Balaban J connectivity index is 2.15. The van der Waals surface area contributed by atoms with Crippen molar-refractivity contribution >= 4 is 23.6 Å². The number of nitrogens with one attached hydrogen (secondary N) is 2. The molecule has 0 fully saturated rings. The molecular weight excluding hydrogens is 340 g/mol. The Bertz CT molecular complexity index is 818. The van der Waals surface area contributed by atoms with E-state index in [1.54, 1.807) is 26.0 Å². The Morgan fingerprint density at radius 3 is 2.08 bits per heavy atom. The van der Waals surface area contributed by atoms with Crippen molar-refractivity contribution in [3.63, 3.8) is 0 Å². The van der Waals surface area contributed by atoms with E-state index in [1.807, 2.05) is 11.5 Å². The highest BCUT2D eigenvalue weighted by atomic mass is 19.2. The second kappa shape index (κ2) is 7.20. The van der Waals surface area contributed by atoms with Crippen LogP contribution in [0.2, 0.25) is 0 Å². The van der Waals surface area contributed by atoms with Crippen LogP contribution < -0.4 is 16.5 Å². The van der Waals surface area contributed by atoms with Gasteiger partial charge in [-0.2, -0.15) is 5.10 Å². The summed E-state index contributed by atoms with van der Waals surface area (Å²) in [5, 5.41) is 5.80. The molecule has 2 aromatic rings. The van der Waals surface area contributed by atoms with Crippen molar-refractivity contribution in [1.29, 1.82) is 0 Å². The molecule has 0 bridgehead atoms. The van der Waals surface area contributed by atoms with Gasteiger partial charge in [0.1, 0.15) is 5.69 Å². The van der Waals surface area contributed by atoms with Crippen molar-refractivity contribution < 1.29 is 22.4 Å². The maximum atomic E-state index is 13.6. The van der Waals surface area contributed by atoms with Crippen LogP contribution in [0.3, 0.4) is 0 Å². The summed E-state index contributed by atoms with van der Waals surface area (Å²) in [6.45, 7) is 3.55. The van der Waals surface area contributed by atoms with Crippen LogP contribution in [0.5, 0.6) is 0 Å². The van der Waals surface area contributed by atoms with Crippen molar-refractivity contribution in [2.75, 3.05) is 11.1 Å². The first-order valence-corrected chi connectivity index (χ1v) is 7.01. The summed E-state index contributed by atoms with van der Waals surface area (Å²) in [6.07, 6.45) is 0.445. The molecule has 2 aromatic carbocycles. The Hall–Kier alpha value is -3.10. The maximum absolute atomic E-state index is 13.6. The van der Waals surface area contributed by atoms with Crippen molar-refractivity contribution in [3.05, 3.63) is 58.2 Å². The van der Waals surface area contributed by atoms with Crippen LogP contribution >= 0.6 is 0 Å². The average molecular weight is 354 g/mol. The minimum Gasteiger partial charge on any atom is -0.394 e. The van der Waals surface area contributed by atoms with Crippen LogP contribution in [0, 0.1) is 37.1 Å². The van der Waals surface area contributed by atoms with E-state index in [0.29, 0.717) is 11.9 Å². The predicted octanol–water partition coefficient (Wildman–Crippen LogP) is 3.60. The average Bonchev–Trinajstić information content (AvgIpc) is 2.58. The van der Waals surface area contributed by atoms with Crippen molar-refractivity contribution in [2.45, 2.75) is 13.8 Å². The van der Waals surface area contributed by atoms with Crippen molar-refractivity contribution in [1.82, 2.24) is 5.43 Å². The van der Waals surface area contributed by atoms with E-state index in [2.05, 4.69) is 10.4 Å². The molecule has 0 radical (unpaired) electrons. The zero-order valence-electron chi connectivity index (χ0n) is 13.3. The van der Waals surface area contributed by atoms with Crippen LogP contribution in [-0.2, 0) is 0 Å². The van der Waals surface area contributed by atoms with Gasteiger partial charge >= 0.3 is 6.03 Å². The van der Waals surface area contributed by atoms with Gasteiger partial charge in [0.05, 0.1) is 11.8 Å². The Labute approximate surface area is 140 Å². The highest BCUT2D eigenvalue weighted by molar-refractivity contribution is 5.92. The Kier molecular flexibility index (Phi) is 5.26. The molecule has 4 N–H and O–H groups in total. The van der Waals surface area contributed by atoms with Crippen LogP contribution in [-0.4, -0.2) is 12.2 Å². The third-order valence-electron chi connectivity index (χ3n) is 3.41. The predicted molar refractivity (Wildman–Crippen MR) is 86.4 cm³/mol. The molecule has 5 nitrogen and oxygen atoms in total. The third kappa shape index (κ3) is 3.70. The highest BCUT2D eigenvalue weighted by Crippen LogP contribution is 2.24. The number of hydrogen-bond donors (Lipinski definition) is 3. The van der Waals surface area contributed by atoms with Crippen molar-refractivity contribution in [2.24, 2.45) is 5.10 Å². The molecule has 9 heteroatoms. The van der Waals surface area contributed by atoms with Crippen LogP contribution in [0.4, 0.5) is 33.7 Å². The molecule has 25 heavy (non-hydrogen) atoms. The molecular formula is C16H14F4N4O. The van der Waals surface area contributed by atoms with Crippen molar-refractivity contribution in [3.8, 4) is 0 Å². The number of para-hydroxylation sites is 1. The quantitative estimate of drug-likeness (QED) is 0.259. The molecule has 2 amide bonds. The lowest BCUT2D eigenvalue weighted by atomic mass is 10.1. The van der Waals surface area contributed by atoms with Gasteiger partial charge in [0, 0.05) is 5.69 Å². The van der Waals surface area contributed by atoms with Crippen LogP contribution in [0.25, 0.3) is 0 Å². The van der Waals surface area contributed by atoms with E-state index in [4.69, 9.17) is 5.73 Å². The zero-order chi connectivity index (χ0) is 18.7. The summed E-state index contributed by atoms with van der Waals surface area (Å²) in [4.78, 5) is 11.8. The molecule has 2 rings (SSSR count). The number of nitrogen functional groups attached to an aromatic ring is 1. The Morgan fingerprint density at radius 2 is 1.56 bits per heavy atom. The summed E-state index contributed by atoms with van der Waals surface area (Å²) >= 11 is 0. The van der Waals surface area contributed by atoms with E-state index in [-0.39, 0.29) is 0 Å². The third-order valence-corrected chi connectivity index (χ3v) is 3.41. The fourth-order valence-electron chi connectivity index (χ4n) is 2.09. The lowest BCUT2D eigenvalue weighted by Gasteiger charge is -2.10. The second-order valence-electron chi connectivity index (χ2n) is 5.17. The normalized spacial score (nSPS) is 11.0. The largest absolute Gasteiger partial charge is 0.394 e. The zero-order valence-corrected chi connectivity index (χ0v) is 13.3. The number of halogens is 4. The summed E-state index contributed by atoms with van der Waals surface area (Å²) in [5.41, 5.74) is 6.59. The van der Waals surface area contributed by atoms with Gasteiger partial charge < -0.3 is 11.1 Å². The summed E-state index contributed by atoms with van der Waals surface area (Å²) in [7, 11) is 0. The number of carbonyl (C=O) groups is 1. The van der Waals surface area contributed by atoms with Crippen LogP contribution in [0.1, 0.15) is 16.7 Å². The molecule has 0 saturated heterocycles. The molecule has 0 aliphatic rings. The molecule has 0 unspecified atom stereocenters. The van der Waals surface area contributed by atoms with E-state index < -0.39 is 40.6 Å². The first-order valence-electron chi connectivity index (χ1n) is 7.01. The first kappa shape index (κ1) is 18.2. The highest BCUT2D eigenvalue weighted by Gasteiger charge is 2.22. The van der Waals surface area contributed by atoms with Gasteiger partial charge in [-0.15, -0.1) is 0 Å². The topological polar surface area (TPSA) is 79.5 Å². The Morgan fingerprint density at radius 1 is 1.04 bits per heavy atom. The summed E-state index contributed by atoms with van der Waals surface area (Å²) < 4.78 is 53.9. The SMILES string of the molecule is Cc1cccc(C)c1NC(=O)N/N=C/c1c(F)c(F)c(N)c(F)c1F. The number of urea groups is 1. The minimum atomic E-state index is -1.74. The number of rotatable bonds is 3. The molecule has 0 saturated carbocycles. The fourth-order valence-corrected chi connectivity index (χ4v) is 2.09. The molecule has 0 aliphatic carbocycles. The van der Waals surface area contributed by atoms with E-state index in [1.165, 1.54) is 0 Å². The monoisotopic (exact) mass is 354 g/mol. The lowest BCUT2D eigenvalue weighted by molar-refractivity contribution is 0.252. The van der Waals surface area contributed by atoms with Gasteiger partial charge in [0.15, 0.2) is 23.3 Å². The number of aryl methyl sites for hydroxylation is 2. The number of anilines is 2. The van der Waals surface area contributed by atoms with Gasteiger partial charge in [-0.05, 0) is 25.0 Å². The molecule has 0 spiro atoms. The number of nitrogens with zero attached hydrogens (tertiary/aromatic N) is 1. The number of nitrogens with two attached hydrogens (primary N) is 1. The van der Waals surface area contributed by atoms with E-state index in [9.17, 15) is 22.4 Å². The van der Waals surface area contributed by atoms with E-state index >= 15 is 0 Å². The standard InChI is InChI=1S/C16H14F4N4O/c1-7-4-3-5-8(2)15(7)23-16(25)24-22-6-9-10(17)12(19)14(21)13(20)11(9)18/h3-6H,21H2,1-2H3,(H2,23,24,25)/b22-6+. The van der Waals surface area contributed by atoms with Gasteiger partial charge in [0.2, 0.25) is 0 Å². The number of hydrazone groups is 1. The van der Waals surface area contributed by atoms with Gasteiger partial charge in [-0.3, -0.25) is 0 Å².